The van der Waals surface area contributed by atoms with Gasteiger partial charge in [0.2, 0.25) is 0 Å². The highest BCUT2D eigenvalue weighted by Crippen LogP contribution is 2.28. The van der Waals surface area contributed by atoms with Crippen molar-refractivity contribution < 1.29 is 0 Å². The Morgan fingerprint density at radius 1 is 1.38 bits per heavy atom. The van der Waals surface area contributed by atoms with Crippen LogP contribution in [0.25, 0.3) is 11.3 Å². The maximum absolute atomic E-state index is 9.01. The molecule has 3 nitrogen and oxygen atoms in total. The summed E-state index contributed by atoms with van der Waals surface area (Å²) >= 11 is 4.72. The summed E-state index contributed by atoms with van der Waals surface area (Å²) in [6.07, 6.45) is 0. The van der Waals surface area contributed by atoms with E-state index in [-0.39, 0.29) is 0 Å². The van der Waals surface area contributed by atoms with E-state index in [0.717, 1.165) is 20.7 Å². The lowest BCUT2D eigenvalue weighted by molar-refractivity contribution is 1.04. The molecule has 1 heterocycles. The van der Waals surface area contributed by atoms with Crippen LogP contribution in [0.1, 0.15) is 9.88 Å². The van der Waals surface area contributed by atoms with E-state index in [2.05, 4.69) is 27.0 Å². The molecular formula is C11H8BrN3S. The smallest absolute Gasteiger partial charge is 0.132 e. The van der Waals surface area contributed by atoms with Crippen molar-refractivity contribution in [3.8, 4) is 17.3 Å². The first-order chi connectivity index (χ1) is 7.74. The van der Waals surface area contributed by atoms with Gasteiger partial charge < -0.3 is 5.73 Å². The van der Waals surface area contributed by atoms with Crippen LogP contribution >= 0.6 is 27.3 Å². The zero-order valence-corrected chi connectivity index (χ0v) is 10.7. The normalized spacial score (nSPS) is 10.1. The van der Waals surface area contributed by atoms with Crippen molar-refractivity contribution in [2.45, 2.75) is 6.54 Å². The van der Waals surface area contributed by atoms with Gasteiger partial charge in [-0.3, -0.25) is 0 Å². The zero-order valence-electron chi connectivity index (χ0n) is 8.27. The van der Waals surface area contributed by atoms with Gasteiger partial charge in [0.25, 0.3) is 0 Å². The summed E-state index contributed by atoms with van der Waals surface area (Å²) in [4.78, 5) is 4.97. The minimum Gasteiger partial charge on any atom is -0.325 e. The van der Waals surface area contributed by atoms with Gasteiger partial charge in [-0.1, -0.05) is 28.1 Å². The molecule has 16 heavy (non-hydrogen) atoms. The molecule has 0 saturated heterocycles. The first kappa shape index (κ1) is 11.3. The fourth-order valence-corrected chi connectivity index (χ4v) is 2.36. The topological polar surface area (TPSA) is 62.7 Å². The summed E-state index contributed by atoms with van der Waals surface area (Å²) in [6.45, 7) is 0.371. The van der Waals surface area contributed by atoms with E-state index < -0.39 is 0 Å². The SMILES string of the molecule is N#Cc1sc(CN)nc1-c1ccc(Br)cc1. The highest BCUT2D eigenvalue weighted by molar-refractivity contribution is 9.10. The second-order valence-electron chi connectivity index (χ2n) is 3.11. The predicted octanol–water partition coefficient (Wildman–Crippen LogP) is 2.90. The molecule has 2 N–H and O–H groups in total. The van der Waals surface area contributed by atoms with Crippen molar-refractivity contribution in [1.29, 1.82) is 5.26 Å². The first-order valence-electron chi connectivity index (χ1n) is 4.60. The number of aromatic nitrogens is 1. The van der Waals surface area contributed by atoms with Crippen LogP contribution in [-0.2, 0) is 6.54 Å². The number of hydrogen-bond donors (Lipinski definition) is 1. The van der Waals surface area contributed by atoms with E-state index in [1.165, 1.54) is 11.3 Å². The van der Waals surface area contributed by atoms with Gasteiger partial charge in [-0.15, -0.1) is 11.3 Å². The van der Waals surface area contributed by atoms with Crippen LogP contribution in [-0.4, -0.2) is 4.98 Å². The van der Waals surface area contributed by atoms with Crippen LogP contribution in [0.5, 0.6) is 0 Å². The molecule has 1 aromatic heterocycles. The Morgan fingerprint density at radius 2 is 2.06 bits per heavy atom. The molecule has 0 saturated carbocycles. The van der Waals surface area contributed by atoms with Crippen LogP contribution < -0.4 is 5.73 Å². The summed E-state index contributed by atoms with van der Waals surface area (Å²) in [5.74, 6) is 0. The van der Waals surface area contributed by atoms with Gasteiger partial charge in [0.15, 0.2) is 0 Å². The third-order valence-electron chi connectivity index (χ3n) is 2.07. The van der Waals surface area contributed by atoms with Gasteiger partial charge in [0.1, 0.15) is 16.0 Å². The molecule has 0 aliphatic heterocycles. The number of benzene rings is 1. The third kappa shape index (κ3) is 2.14. The molecule has 80 valence electrons. The van der Waals surface area contributed by atoms with Crippen LogP contribution in [0, 0.1) is 11.3 Å². The standard InChI is InChI=1S/C11H8BrN3S/c12-8-3-1-7(2-4-8)11-9(5-13)16-10(6-14)15-11/h1-4H,6,14H2. The maximum Gasteiger partial charge on any atom is 0.132 e. The number of nitrogens with two attached hydrogens (primary N) is 1. The molecule has 0 aliphatic carbocycles. The summed E-state index contributed by atoms with van der Waals surface area (Å²) in [6, 6.07) is 9.87. The number of thiazole rings is 1. The Labute approximate surface area is 106 Å². The molecule has 1 aromatic carbocycles. The minimum atomic E-state index is 0.371. The highest BCUT2D eigenvalue weighted by atomic mass is 79.9. The molecule has 0 atom stereocenters. The Bertz CT molecular complexity index is 539. The van der Waals surface area contributed by atoms with E-state index in [1.54, 1.807) is 0 Å². The van der Waals surface area contributed by atoms with Crippen molar-refractivity contribution in [1.82, 2.24) is 4.98 Å². The van der Waals surface area contributed by atoms with Gasteiger partial charge in [-0.25, -0.2) is 4.98 Å². The molecule has 0 bridgehead atoms. The molecule has 0 unspecified atom stereocenters. The molecule has 2 rings (SSSR count). The Hall–Kier alpha value is -1.22. The highest BCUT2D eigenvalue weighted by Gasteiger charge is 2.11. The van der Waals surface area contributed by atoms with E-state index in [0.29, 0.717) is 11.4 Å². The van der Waals surface area contributed by atoms with E-state index in [4.69, 9.17) is 11.0 Å². The van der Waals surface area contributed by atoms with Crippen molar-refractivity contribution in [2.75, 3.05) is 0 Å². The van der Waals surface area contributed by atoms with E-state index in [9.17, 15) is 0 Å². The Kier molecular flexibility index (Phi) is 3.34. The fourth-order valence-electron chi connectivity index (χ4n) is 1.33. The minimum absolute atomic E-state index is 0.371. The number of nitrogens with zero attached hydrogens (tertiary/aromatic N) is 2. The van der Waals surface area contributed by atoms with E-state index >= 15 is 0 Å². The fraction of sp³-hybridized carbons (Fsp3) is 0.0909. The van der Waals surface area contributed by atoms with Gasteiger partial charge in [-0.05, 0) is 12.1 Å². The van der Waals surface area contributed by atoms with Crippen LogP contribution in [0.4, 0.5) is 0 Å². The van der Waals surface area contributed by atoms with Gasteiger partial charge in [0.05, 0.1) is 5.69 Å². The summed E-state index contributed by atoms with van der Waals surface area (Å²) in [7, 11) is 0. The lowest BCUT2D eigenvalue weighted by Crippen LogP contribution is -1.94. The summed E-state index contributed by atoms with van der Waals surface area (Å²) in [5, 5.41) is 9.80. The molecular weight excluding hydrogens is 286 g/mol. The number of nitriles is 1. The van der Waals surface area contributed by atoms with Crippen molar-refractivity contribution in [3.63, 3.8) is 0 Å². The lowest BCUT2D eigenvalue weighted by Gasteiger charge is -1.97. The van der Waals surface area contributed by atoms with Crippen molar-refractivity contribution in [3.05, 3.63) is 38.6 Å². The largest absolute Gasteiger partial charge is 0.325 e. The molecule has 0 radical (unpaired) electrons. The monoisotopic (exact) mass is 293 g/mol. The van der Waals surface area contributed by atoms with E-state index in [1.807, 2.05) is 24.3 Å². The summed E-state index contributed by atoms with van der Waals surface area (Å²) < 4.78 is 1.00. The average Bonchev–Trinajstić information content (AvgIpc) is 2.73. The lowest BCUT2D eigenvalue weighted by atomic mass is 10.1. The zero-order chi connectivity index (χ0) is 11.5. The van der Waals surface area contributed by atoms with Gasteiger partial charge in [0, 0.05) is 16.6 Å². The number of hydrogen-bond acceptors (Lipinski definition) is 4. The predicted molar refractivity (Wildman–Crippen MR) is 67.9 cm³/mol. The Balaban J connectivity index is 2.51. The molecule has 0 fully saturated rings. The van der Waals surface area contributed by atoms with Crippen LogP contribution in [0.15, 0.2) is 28.7 Å². The quantitative estimate of drug-likeness (QED) is 0.926. The second-order valence-corrected chi connectivity index (χ2v) is 5.11. The average molecular weight is 294 g/mol. The van der Waals surface area contributed by atoms with Gasteiger partial charge in [-0.2, -0.15) is 5.26 Å². The van der Waals surface area contributed by atoms with Gasteiger partial charge >= 0.3 is 0 Å². The van der Waals surface area contributed by atoms with Crippen molar-refractivity contribution in [2.24, 2.45) is 5.73 Å². The Morgan fingerprint density at radius 3 is 2.62 bits per heavy atom. The van der Waals surface area contributed by atoms with Crippen LogP contribution in [0.2, 0.25) is 0 Å². The maximum atomic E-state index is 9.01. The number of halogens is 1. The van der Waals surface area contributed by atoms with Crippen molar-refractivity contribution >= 4 is 27.3 Å². The molecule has 2 aromatic rings. The molecule has 0 spiro atoms. The summed E-state index contributed by atoms with van der Waals surface area (Å²) in [5.41, 5.74) is 7.18. The molecule has 5 heteroatoms. The number of rotatable bonds is 2. The molecule has 0 aliphatic rings. The first-order valence-corrected chi connectivity index (χ1v) is 6.21. The van der Waals surface area contributed by atoms with Crippen LogP contribution in [0.3, 0.4) is 0 Å². The molecule has 0 amide bonds. The third-order valence-corrected chi connectivity index (χ3v) is 3.58. The second kappa shape index (κ2) is 4.74.